The molecule has 22 heavy (non-hydrogen) atoms. The van der Waals surface area contributed by atoms with Gasteiger partial charge in [0.15, 0.2) is 0 Å². The van der Waals surface area contributed by atoms with Crippen LogP contribution in [0, 0.1) is 6.92 Å². The lowest BCUT2D eigenvalue weighted by atomic mass is 10.0. The van der Waals surface area contributed by atoms with Gasteiger partial charge in [0, 0.05) is 0 Å². The minimum Gasteiger partial charge on any atom is -0.338 e. The topological polar surface area (TPSA) is 73.1 Å². The third-order valence-corrected chi connectivity index (χ3v) is 3.23. The number of allylic oxidation sites excluding steroid dienone is 1. The zero-order chi connectivity index (χ0) is 16.2. The van der Waals surface area contributed by atoms with Crippen LogP contribution in [0.15, 0.2) is 65.7 Å². The smallest absolute Gasteiger partial charge is 0.322 e. The molecule has 0 unspecified atom stereocenters. The van der Waals surface area contributed by atoms with Gasteiger partial charge in [-0.05, 0) is 42.7 Å². The predicted molar refractivity (Wildman–Crippen MR) is 87.9 cm³/mol. The Kier molecular flexibility index (Phi) is 4.88. The first kappa shape index (κ1) is 16.1. The van der Waals surface area contributed by atoms with Gasteiger partial charge in [-0.3, -0.25) is 0 Å². The summed E-state index contributed by atoms with van der Waals surface area (Å²) in [5.74, 6) is -2.97. The van der Waals surface area contributed by atoms with Crippen molar-refractivity contribution < 1.29 is 15.3 Å². The summed E-state index contributed by atoms with van der Waals surface area (Å²) in [5, 5.41) is 28.1. The summed E-state index contributed by atoms with van der Waals surface area (Å²) in [4.78, 5) is 4.19. The molecule has 0 aliphatic rings. The fourth-order valence-corrected chi connectivity index (χ4v) is 2.05. The zero-order valence-electron chi connectivity index (χ0n) is 12.6. The van der Waals surface area contributed by atoms with Gasteiger partial charge in [-0.1, -0.05) is 48.5 Å². The maximum Gasteiger partial charge on any atom is 0.322 e. The fraction of sp³-hybridized carbons (Fsp3) is 0.167. The lowest BCUT2D eigenvalue weighted by molar-refractivity contribution is -0.254. The maximum absolute atomic E-state index is 9.38. The van der Waals surface area contributed by atoms with Crippen LogP contribution in [0.1, 0.15) is 12.5 Å². The molecule has 0 saturated heterocycles. The van der Waals surface area contributed by atoms with Crippen molar-refractivity contribution in [3.63, 3.8) is 0 Å². The molecule has 0 atom stereocenters. The number of benzene rings is 2. The third-order valence-electron chi connectivity index (χ3n) is 3.23. The van der Waals surface area contributed by atoms with Crippen molar-refractivity contribution >= 4 is 11.4 Å². The van der Waals surface area contributed by atoms with Gasteiger partial charge in [0.25, 0.3) is 0 Å². The monoisotopic (exact) mass is 297 g/mol. The minimum atomic E-state index is -2.97. The molecule has 0 saturated carbocycles. The zero-order valence-corrected chi connectivity index (χ0v) is 12.6. The Labute approximate surface area is 129 Å². The number of aryl methyl sites for hydroxylation is 1. The van der Waals surface area contributed by atoms with Crippen molar-refractivity contribution in [1.82, 2.24) is 0 Å². The number of hydrogen-bond acceptors (Lipinski definition) is 4. The SMILES string of the molecule is C/C=C\C(=Nc1cc(-c2ccccc2)ccc1C)C(O)(O)O. The lowest BCUT2D eigenvalue weighted by Gasteiger charge is -2.15. The Morgan fingerprint density at radius 3 is 2.27 bits per heavy atom. The van der Waals surface area contributed by atoms with Crippen LogP contribution in [-0.4, -0.2) is 27.0 Å². The van der Waals surface area contributed by atoms with E-state index < -0.39 is 5.97 Å². The summed E-state index contributed by atoms with van der Waals surface area (Å²) in [5.41, 5.74) is 3.20. The van der Waals surface area contributed by atoms with Gasteiger partial charge in [0.2, 0.25) is 0 Å². The van der Waals surface area contributed by atoms with E-state index in [-0.39, 0.29) is 5.71 Å². The molecule has 0 fully saturated rings. The minimum absolute atomic E-state index is 0.233. The molecule has 0 bridgehead atoms. The summed E-state index contributed by atoms with van der Waals surface area (Å²) in [6, 6.07) is 15.5. The summed E-state index contributed by atoms with van der Waals surface area (Å²) < 4.78 is 0. The normalized spacial score (nSPS) is 12.9. The van der Waals surface area contributed by atoms with E-state index in [1.165, 1.54) is 6.08 Å². The molecular formula is C18H19NO3. The molecule has 0 spiro atoms. The summed E-state index contributed by atoms with van der Waals surface area (Å²) in [6.07, 6.45) is 2.93. The molecule has 2 aromatic rings. The largest absolute Gasteiger partial charge is 0.338 e. The Balaban J connectivity index is 2.51. The van der Waals surface area contributed by atoms with Gasteiger partial charge in [-0.2, -0.15) is 0 Å². The molecule has 0 aliphatic heterocycles. The number of aliphatic hydroxyl groups is 3. The van der Waals surface area contributed by atoms with Gasteiger partial charge in [-0.15, -0.1) is 0 Å². The average molecular weight is 297 g/mol. The highest BCUT2D eigenvalue weighted by Crippen LogP contribution is 2.28. The molecule has 4 heteroatoms. The van der Waals surface area contributed by atoms with E-state index in [0.29, 0.717) is 5.69 Å². The molecule has 0 aromatic heterocycles. The van der Waals surface area contributed by atoms with Crippen LogP contribution in [0.2, 0.25) is 0 Å². The van der Waals surface area contributed by atoms with Crippen molar-refractivity contribution in [3.05, 3.63) is 66.2 Å². The van der Waals surface area contributed by atoms with Gasteiger partial charge in [-0.25, -0.2) is 4.99 Å². The first-order valence-corrected chi connectivity index (χ1v) is 6.97. The second-order valence-electron chi connectivity index (χ2n) is 5.00. The Bertz CT molecular complexity index is 698. The second kappa shape index (κ2) is 6.66. The molecule has 0 heterocycles. The van der Waals surface area contributed by atoms with Crippen LogP contribution in [0.4, 0.5) is 5.69 Å². The highest BCUT2D eigenvalue weighted by molar-refractivity contribution is 6.01. The Morgan fingerprint density at radius 1 is 1.00 bits per heavy atom. The summed E-state index contributed by atoms with van der Waals surface area (Å²) >= 11 is 0. The number of nitrogens with zero attached hydrogens (tertiary/aromatic N) is 1. The van der Waals surface area contributed by atoms with E-state index >= 15 is 0 Å². The van der Waals surface area contributed by atoms with Crippen LogP contribution in [0.3, 0.4) is 0 Å². The first-order valence-electron chi connectivity index (χ1n) is 6.97. The van der Waals surface area contributed by atoms with Crippen molar-refractivity contribution in [2.45, 2.75) is 19.8 Å². The molecular weight excluding hydrogens is 278 g/mol. The van der Waals surface area contributed by atoms with Crippen LogP contribution >= 0.6 is 0 Å². The number of rotatable bonds is 4. The van der Waals surface area contributed by atoms with Gasteiger partial charge in [0.05, 0.1) is 5.69 Å². The van der Waals surface area contributed by atoms with Crippen molar-refractivity contribution in [1.29, 1.82) is 0 Å². The molecule has 0 amide bonds. The fourth-order valence-electron chi connectivity index (χ4n) is 2.05. The highest BCUT2D eigenvalue weighted by atomic mass is 16.7. The average Bonchev–Trinajstić information content (AvgIpc) is 2.49. The third kappa shape index (κ3) is 3.89. The molecule has 2 aromatic carbocycles. The van der Waals surface area contributed by atoms with Gasteiger partial charge >= 0.3 is 5.97 Å². The predicted octanol–water partition coefficient (Wildman–Crippen LogP) is 2.94. The van der Waals surface area contributed by atoms with E-state index in [4.69, 9.17) is 0 Å². The number of aliphatic imine (C=N–C) groups is 1. The Hall–Kier alpha value is -2.27. The van der Waals surface area contributed by atoms with Crippen LogP contribution in [0.5, 0.6) is 0 Å². The molecule has 0 aliphatic carbocycles. The standard InChI is InChI=1S/C18H19NO3/c1-3-7-17(18(20,21)22)19-16-12-15(11-10-13(16)2)14-8-5-4-6-9-14/h3-12,20-22H,1-2H3/b7-3-,19-17?. The quantitative estimate of drug-likeness (QED) is 0.600. The van der Waals surface area contributed by atoms with E-state index in [9.17, 15) is 15.3 Å². The Morgan fingerprint density at radius 2 is 1.68 bits per heavy atom. The molecule has 3 N–H and O–H groups in total. The molecule has 0 radical (unpaired) electrons. The van der Waals surface area contributed by atoms with Crippen LogP contribution in [-0.2, 0) is 0 Å². The van der Waals surface area contributed by atoms with E-state index in [1.54, 1.807) is 13.0 Å². The van der Waals surface area contributed by atoms with Crippen LogP contribution < -0.4 is 0 Å². The second-order valence-corrected chi connectivity index (χ2v) is 5.00. The van der Waals surface area contributed by atoms with Crippen LogP contribution in [0.25, 0.3) is 11.1 Å². The van der Waals surface area contributed by atoms with Gasteiger partial charge < -0.3 is 15.3 Å². The summed E-state index contributed by atoms with van der Waals surface area (Å²) in [6.45, 7) is 3.57. The van der Waals surface area contributed by atoms with Gasteiger partial charge in [0.1, 0.15) is 5.71 Å². The molecule has 4 nitrogen and oxygen atoms in total. The maximum atomic E-state index is 9.38. The van der Waals surface area contributed by atoms with Crippen molar-refractivity contribution in [2.75, 3.05) is 0 Å². The molecule has 2 rings (SSSR count). The number of hydrogen-bond donors (Lipinski definition) is 3. The van der Waals surface area contributed by atoms with Crippen molar-refractivity contribution in [2.24, 2.45) is 4.99 Å². The first-order chi connectivity index (χ1) is 10.4. The van der Waals surface area contributed by atoms with Crippen molar-refractivity contribution in [3.8, 4) is 11.1 Å². The van der Waals surface area contributed by atoms with E-state index in [2.05, 4.69) is 4.99 Å². The highest BCUT2D eigenvalue weighted by Gasteiger charge is 2.25. The van der Waals surface area contributed by atoms with E-state index in [1.807, 2.05) is 55.5 Å². The molecule has 114 valence electrons. The lowest BCUT2D eigenvalue weighted by Crippen LogP contribution is -2.36. The summed E-state index contributed by atoms with van der Waals surface area (Å²) in [7, 11) is 0. The van der Waals surface area contributed by atoms with E-state index in [0.717, 1.165) is 16.7 Å².